The molecule has 0 aliphatic carbocycles. The zero-order chi connectivity index (χ0) is 21.7. The molecule has 6 heteroatoms. The molecule has 0 fully saturated rings. The predicted octanol–water partition coefficient (Wildman–Crippen LogP) is 2.57. The van der Waals surface area contributed by atoms with E-state index in [0.717, 1.165) is 37.6 Å². The fourth-order valence-electron chi connectivity index (χ4n) is 4.11. The van der Waals surface area contributed by atoms with E-state index in [2.05, 4.69) is 67.8 Å². The summed E-state index contributed by atoms with van der Waals surface area (Å²) in [5, 5.41) is 7.43. The average molecular weight is 429 g/mol. The summed E-state index contributed by atoms with van der Waals surface area (Å²) in [6.07, 6.45) is 1.02. The number of hydrogen-bond acceptors (Lipinski definition) is 3. The first-order chi connectivity index (χ1) is 14.4. The van der Waals surface area contributed by atoms with Crippen LogP contribution in [0.25, 0.3) is 0 Å². The van der Waals surface area contributed by atoms with Gasteiger partial charge in [0.25, 0.3) is 0 Å². The van der Waals surface area contributed by atoms with Gasteiger partial charge in [0.05, 0.1) is 27.3 Å². The van der Waals surface area contributed by atoms with Crippen molar-refractivity contribution >= 4 is 17.3 Å². The SMILES string of the molecule is COc1cc2c(cc1OC)[C@H](CNC(=S)NC(C)C)[NH+](Cc1ccc(C)cc1)CC2. The van der Waals surface area contributed by atoms with Crippen molar-refractivity contribution < 1.29 is 14.4 Å². The Labute approximate surface area is 185 Å². The van der Waals surface area contributed by atoms with Crippen molar-refractivity contribution in [1.82, 2.24) is 10.6 Å². The molecule has 1 unspecified atom stereocenters. The summed E-state index contributed by atoms with van der Waals surface area (Å²) in [6.45, 7) is 9.12. The molecule has 0 bridgehead atoms. The maximum absolute atomic E-state index is 5.60. The second-order valence-corrected chi connectivity index (χ2v) is 8.70. The van der Waals surface area contributed by atoms with E-state index in [1.165, 1.54) is 27.2 Å². The molecular formula is C24H34N3O2S+. The van der Waals surface area contributed by atoms with Gasteiger partial charge < -0.3 is 25.0 Å². The average Bonchev–Trinajstić information content (AvgIpc) is 2.72. The smallest absolute Gasteiger partial charge is 0.166 e. The molecule has 0 radical (unpaired) electrons. The lowest BCUT2D eigenvalue weighted by molar-refractivity contribution is -0.945. The molecule has 0 amide bonds. The van der Waals surface area contributed by atoms with Gasteiger partial charge in [-0.25, -0.2) is 0 Å². The molecule has 5 nitrogen and oxygen atoms in total. The highest BCUT2D eigenvalue weighted by molar-refractivity contribution is 7.80. The fraction of sp³-hybridized carbons (Fsp3) is 0.458. The molecule has 1 heterocycles. The fourth-order valence-corrected chi connectivity index (χ4v) is 4.43. The Morgan fingerprint density at radius 3 is 2.43 bits per heavy atom. The molecule has 0 saturated carbocycles. The molecule has 1 aliphatic rings. The van der Waals surface area contributed by atoms with Gasteiger partial charge in [0, 0.05) is 23.6 Å². The standard InChI is InChI=1S/C24H33N3O2S/c1-16(2)26-24(30)25-14-21-20-13-23(29-5)22(28-4)12-19(20)10-11-27(21)15-18-8-6-17(3)7-9-18/h6-9,12-13,16,21H,10-11,14-15H2,1-5H3,(H2,25,26,30)/p+1/t21-/m0/s1. The summed E-state index contributed by atoms with van der Waals surface area (Å²) in [6, 6.07) is 13.7. The van der Waals surface area contributed by atoms with Crippen LogP contribution in [0.5, 0.6) is 11.5 Å². The van der Waals surface area contributed by atoms with Crippen molar-refractivity contribution in [2.75, 3.05) is 27.3 Å². The van der Waals surface area contributed by atoms with Crippen LogP contribution in [0.1, 0.15) is 42.1 Å². The number of rotatable bonds is 7. The van der Waals surface area contributed by atoms with Gasteiger partial charge in [0.15, 0.2) is 16.6 Å². The summed E-state index contributed by atoms with van der Waals surface area (Å²) >= 11 is 5.49. The maximum atomic E-state index is 5.60. The van der Waals surface area contributed by atoms with Gasteiger partial charge >= 0.3 is 0 Å². The minimum absolute atomic E-state index is 0.266. The molecule has 0 aromatic heterocycles. The van der Waals surface area contributed by atoms with Gasteiger partial charge in [-0.1, -0.05) is 29.8 Å². The van der Waals surface area contributed by atoms with Crippen LogP contribution in [-0.4, -0.2) is 38.5 Å². The summed E-state index contributed by atoms with van der Waals surface area (Å²) in [5.41, 5.74) is 5.28. The van der Waals surface area contributed by atoms with Crippen LogP contribution in [0.2, 0.25) is 0 Å². The van der Waals surface area contributed by atoms with E-state index < -0.39 is 0 Å². The molecule has 1 aliphatic heterocycles. The van der Waals surface area contributed by atoms with E-state index in [-0.39, 0.29) is 6.04 Å². The number of thiocarbonyl (C=S) groups is 1. The molecule has 0 spiro atoms. The Kier molecular flexibility index (Phi) is 7.56. The van der Waals surface area contributed by atoms with E-state index in [0.29, 0.717) is 11.2 Å². The van der Waals surface area contributed by atoms with Crippen molar-refractivity contribution in [2.24, 2.45) is 0 Å². The molecule has 2 aromatic carbocycles. The van der Waals surface area contributed by atoms with Crippen molar-refractivity contribution in [3.05, 3.63) is 58.7 Å². The number of benzene rings is 2. The zero-order valence-electron chi connectivity index (χ0n) is 18.7. The molecule has 2 aromatic rings. The highest BCUT2D eigenvalue weighted by Gasteiger charge is 2.32. The first kappa shape index (κ1) is 22.4. The number of hydrogen-bond donors (Lipinski definition) is 3. The number of aryl methyl sites for hydroxylation is 1. The molecule has 0 saturated heterocycles. The van der Waals surface area contributed by atoms with Crippen LogP contribution in [0, 0.1) is 6.92 Å². The lowest BCUT2D eigenvalue weighted by Gasteiger charge is -2.35. The minimum atomic E-state index is 0.266. The summed E-state index contributed by atoms with van der Waals surface area (Å²) < 4.78 is 11.1. The van der Waals surface area contributed by atoms with Gasteiger partial charge in [0.1, 0.15) is 12.6 Å². The molecule has 30 heavy (non-hydrogen) atoms. The third kappa shape index (κ3) is 5.43. The van der Waals surface area contributed by atoms with Crippen LogP contribution >= 0.6 is 12.2 Å². The number of methoxy groups -OCH3 is 2. The van der Waals surface area contributed by atoms with Crippen molar-refractivity contribution in [1.29, 1.82) is 0 Å². The second kappa shape index (κ2) is 10.1. The van der Waals surface area contributed by atoms with Crippen LogP contribution in [0.4, 0.5) is 0 Å². The summed E-state index contributed by atoms with van der Waals surface area (Å²) in [7, 11) is 3.38. The first-order valence-corrected chi connectivity index (χ1v) is 11.0. The topological polar surface area (TPSA) is 47.0 Å². The minimum Gasteiger partial charge on any atom is -0.493 e. The third-order valence-electron chi connectivity index (χ3n) is 5.67. The van der Waals surface area contributed by atoms with E-state index >= 15 is 0 Å². The number of fused-ring (bicyclic) bond motifs is 1. The molecule has 162 valence electrons. The van der Waals surface area contributed by atoms with Gasteiger partial charge in [-0.2, -0.15) is 0 Å². The highest BCUT2D eigenvalue weighted by Crippen LogP contribution is 2.34. The van der Waals surface area contributed by atoms with E-state index in [9.17, 15) is 0 Å². The van der Waals surface area contributed by atoms with Crippen LogP contribution in [0.15, 0.2) is 36.4 Å². The van der Waals surface area contributed by atoms with Crippen LogP contribution in [-0.2, 0) is 13.0 Å². The lowest BCUT2D eigenvalue weighted by atomic mass is 9.91. The van der Waals surface area contributed by atoms with Gasteiger partial charge in [-0.3, -0.25) is 0 Å². The molecule has 2 atom stereocenters. The zero-order valence-corrected chi connectivity index (χ0v) is 19.5. The van der Waals surface area contributed by atoms with Crippen LogP contribution in [0.3, 0.4) is 0 Å². The third-order valence-corrected chi connectivity index (χ3v) is 5.93. The van der Waals surface area contributed by atoms with Crippen molar-refractivity contribution in [3.8, 4) is 11.5 Å². The number of nitrogens with one attached hydrogen (secondary N) is 3. The summed E-state index contributed by atoms with van der Waals surface area (Å²) in [4.78, 5) is 1.53. The van der Waals surface area contributed by atoms with Gasteiger partial charge in [-0.05, 0) is 50.7 Å². The van der Waals surface area contributed by atoms with E-state index in [4.69, 9.17) is 21.7 Å². The largest absolute Gasteiger partial charge is 0.493 e. The van der Waals surface area contributed by atoms with Crippen molar-refractivity contribution in [3.63, 3.8) is 0 Å². The highest BCUT2D eigenvalue weighted by atomic mass is 32.1. The normalized spacial score (nSPS) is 17.9. The Morgan fingerprint density at radius 1 is 1.13 bits per heavy atom. The lowest BCUT2D eigenvalue weighted by Crippen LogP contribution is -3.12. The Balaban J connectivity index is 1.88. The van der Waals surface area contributed by atoms with Gasteiger partial charge in [-0.15, -0.1) is 0 Å². The number of quaternary nitrogens is 1. The monoisotopic (exact) mass is 428 g/mol. The Hall–Kier alpha value is -2.31. The Morgan fingerprint density at radius 2 is 1.80 bits per heavy atom. The maximum Gasteiger partial charge on any atom is 0.166 e. The summed E-state index contributed by atoms with van der Waals surface area (Å²) in [5.74, 6) is 1.57. The number of ether oxygens (including phenoxy) is 2. The van der Waals surface area contributed by atoms with E-state index in [1.807, 2.05) is 0 Å². The van der Waals surface area contributed by atoms with E-state index in [1.54, 1.807) is 14.2 Å². The Bertz CT molecular complexity index is 867. The quantitative estimate of drug-likeness (QED) is 0.592. The molecule has 3 rings (SSSR count). The van der Waals surface area contributed by atoms with Crippen molar-refractivity contribution in [2.45, 2.75) is 45.8 Å². The first-order valence-electron chi connectivity index (χ1n) is 10.6. The van der Waals surface area contributed by atoms with Crippen LogP contribution < -0.4 is 25.0 Å². The molecular weight excluding hydrogens is 394 g/mol. The second-order valence-electron chi connectivity index (χ2n) is 8.29. The predicted molar refractivity (Wildman–Crippen MR) is 126 cm³/mol. The molecule has 3 N–H and O–H groups in total. The van der Waals surface area contributed by atoms with Gasteiger partial charge in [0.2, 0.25) is 0 Å².